The third kappa shape index (κ3) is 7.41. The van der Waals surface area contributed by atoms with E-state index in [4.69, 9.17) is 9.47 Å². The van der Waals surface area contributed by atoms with Gasteiger partial charge in [0.25, 0.3) is 0 Å². The van der Waals surface area contributed by atoms with Crippen LogP contribution in [0.15, 0.2) is 4.99 Å². The highest BCUT2D eigenvalue weighted by molar-refractivity contribution is 5.79. The molecule has 152 valence electrons. The van der Waals surface area contributed by atoms with Gasteiger partial charge in [-0.1, -0.05) is 6.92 Å². The number of guanidine groups is 1. The molecule has 6 heteroatoms. The van der Waals surface area contributed by atoms with Gasteiger partial charge in [-0.2, -0.15) is 0 Å². The van der Waals surface area contributed by atoms with Gasteiger partial charge in [0.15, 0.2) is 5.96 Å². The van der Waals surface area contributed by atoms with Crippen LogP contribution in [0, 0.1) is 11.8 Å². The molecule has 2 aliphatic heterocycles. The first kappa shape index (κ1) is 21.5. The Morgan fingerprint density at radius 3 is 2.85 bits per heavy atom. The quantitative estimate of drug-likeness (QED) is 0.371. The summed E-state index contributed by atoms with van der Waals surface area (Å²) >= 11 is 0. The molecule has 0 radical (unpaired) electrons. The van der Waals surface area contributed by atoms with Crippen LogP contribution >= 0.6 is 0 Å². The highest BCUT2D eigenvalue weighted by Gasteiger charge is 2.30. The van der Waals surface area contributed by atoms with Gasteiger partial charge < -0.3 is 20.1 Å². The standard InChI is InChI=1S/C20H40N4O2/c1-17-7-5-10-24(13-17)20(2,3)16-23-19(21-4)22-9-6-11-25-14-18-8-12-26-15-18/h17-18H,5-16H2,1-4H3,(H2,21,22,23). The maximum Gasteiger partial charge on any atom is 0.191 e. The molecule has 2 saturated heterocycles. The Hall–Kier alpha value is -0.850. The summed E-state index contributed by atoms with van der Waals surface area (Å²) in [6.45, 7) is 14.6. The van der Waals surface area contributed by atoms with Crippen molar-refractivity contribution in [3.05, 3.63) is 0 Å². The highest BCUT2D eigenvalue weighted by atomic mass is 16.5. The van der Waals surface area contributed by atoms with Crippen LogP contribution in [-0.4, -0.2) is 76.1 Å². The van der Waals surface area contributed by atoms with Crippen LogP contribution in [0.5, 0.6) is 0 Å². The van der Waals surface area contributed by atoms with Crippen LogP contribution in [0.25, 0.3) is 0 Å². The minimum Gasteiger partial charge on any atom is -0.381 e. The maximum absolute atomic E-state index is 5.75. The van der Waals surface area contributed by atoms with Gasteiger partial charge in [0.1, 0.15) is 0 Å². The first-order valence-corrected chi connectivity index (χ1v) is 10.4. The van der Waals surface area contributed by atoms with Gasteiger partial charge in [0.05, 0.1) is 13.2 Å². The van der Waals surface area contributed by atoms with Crippen molar-refractivity contribution in [2.75, 3.05) is 59.7 Å². The van der Waals surface area contributed by atoms with Gasteiger partial charge in [0, 0.05) is 51.4 Å². The van der Waals surface area contributed by atoms with E-state index in [2.05, 4.69) is 41.3 Å². The van der Waals surface area contributed by atoms with Gasteiger partial charge in [0.2, 0.25) is 0 Å². The molecule has 0 saturated carbocycles. The number of nitrogens with zero attached hydrogens (tertiary/aromatic N) is 2. The lowest BCUT2D eigenvalue weighted by molar-refractivity contribution is 0.0739. The number of hydrogen-bond acceptors (Lipinski definition) is 4. The molecule has 26 heavy (non-hydrogen) atoms. The van der Waals surface area contributed by atoms with Crippen LogP contribution in [0.2, 0.25) is 0 Å². The summed E-state index contributed by atoms with van der Waals surface area (Å²) in [6, 6.07) is 0. The molecule has 2 aliphatic rings. The highest BCUT2D eigenvalue weighted by Crippen LogP contribution is 2.23. The number of rotatable bonds is 9. The fraction of sp³-hybridized carbons (Fsp3) is 0.950. The van der Waals surface area contributed by atoms with Crippen LogP contribution in [0.1, 0.15) is 46.5 Å². The predicted molar refractivity (Wildman–Crippen MR) is 108 cm³/mol. The maximum atomic E-state index is 5.75. The number of ether oxygens (including phenoxy) is 2. The zero-order chi connectivity index (χ0) is 18.8. The lowest BCUT2D eigenvalue weighted by Crippen LogP contribution is -2.56. The Kier molecular flexibility index (Phi) is 9.16. The van der Waals surface area contributed by atoms with E-state index in [-0.39, 0.29) is 5.54 Å². The third-order valence-corrected chi connectivity index (χ3v) is 5.56. The van der Waals surface area contributed by atoms with Crippen molar-refractivity contribution < 1.29 is 9.47 Å². The van der Waals surface area contributed by atoms with Gasteiger partial charge in [-0.05, 0) is 52.0 Å². The largest absolute Gasteiger partial charge is 0.381 e. The molecular formula is C20H40N4O2. The number of aliphatic imine (C=N–C) groups is 1. The molecular weight excluding hydrogens is 328 g/mol. The lowest BCUT2D eigenvalue weighted by Gasteiger charge is -2.43. The second kappa shape index (κ2) is 11.1. The molecule has 0 bridgehead atoms. The normalized spacial score (nSPS) is 25.5. The van der Waals surface area contributed by atoms with Gasteiger partial charge in [-0.3, -0.25) is 9.89 Å². The first-order chi connectivity index (χ1) is 12.5. The molecule has 0 aliphatic carbocycles. The van der Waals surface area contributed by atoms with Crippen molar-refractivity contribution in [2.45, 2.75) is 52.0 Å². The number of hydrogen-bond donors (Lipinski definition) is 2. The number of nitrogens with one attached hydrogen (secondary N) is 2. The van der Waals surface area contributed by atoms with E-state index in [1.807, 2.05) is 7.05 Å². The van der Waals surface area contributed by atoms with Crippen molar-refractivity contribution >= 4 is 5.96 Å². The Labute approximate surface area is 160 Å². The van der Waals surface area contributed by atoms with Crippen LogP contribution < -0.4 is 10.6 Å². The van der Waals surface area contributed by atoms with Crippen molar-refractivity contribution in [3.8, 4) is 0 Å². The zero-order valence-corrected chi connectivity index (χ0v) is 17.4. The van der Waals surface area contributed by atoms with E-state index in [1.165, 1.54) is 25.9 Å². The molecule has 2 rings (SSSR count). The molecule has 2 N–H and O–H groups in total. The average molecular weight is 369 g/mol. The molecule has 2 fully saturated rings. The monoisotopic (exact) mass is 368 g/mol. The van der Waals surface area contributed by atoms with Crippen molar-refractivity contribution in [2.24, 2.45) is 16.8 Å². The van der Waals surface area contributed by atoms with Crippen LogP contribution in [-0.2, 0) is 9.47 Å². The van der Waals surface area contributed by atoms with E-state index < -0.39 is 0 Å². The second-order valence-electron chi connectivity index (χ2n) is 8.52. The third-order valence-electron chi connectivity index (χ3n) is 5.56. The van der Waals surface area contributed by atoms with E-state index in [0.29, 0.717) is 5.92 Å². The zero-order valence-electron chi connectivity index (χ0n) is 17.4. The number of likely N-dealkylation sites (tertiary alicyclic amines) is 1. The molecule has 2 heterocycles. The van der Waals surface area contributed by atoms with Crippen molar-refractivity contribution in [3.63, 3.8) is 0 Å². The van der Waals surface area contributed by atoms with E-state index in [1.54, 1.807) is 0 Å². The fourth-order valence-corrected chi connectivity index (χ4v) is 3.72. The summed E-state index contributed by atoms with van der Waals surface area (Å²) < 4.78 is 11.1. The van der Waals surface area contributed by atoms with E-state index in [0.717, 1.165) is 64.2 Å². The van der Waals surface area contributed by atoms with E-state index in [9.17, 15) is 0 Å². The summed E-state index contributed by atoms with van der Waals surface area (Å²) in [4.78, 5) is 6.96. The van der Waals surface area contributed by atoms with Crippen molar-refractivity contribution in [1.29, 1.82) is 0 Å². The summed E-state index contributed by atoms with van der Waals surface area (Å²) in [5.41, 5.74) is 0.138. The molecule has 0 aromatic rings. The predicted octanol–water partition coefficient (Wildman–Crippen LogP) is 2.11. The summed E-state index contributed by atoms with van der Waals surface area (Å²) in [5, 5.41) is 6.90. The Morgan fingerprint density at radius 1 is 1.31 bits per heavy atom. The molecule has 2 atom stereocenters. The molecule has 0 amide bonds. The molecule has 0 aromatic heterocycles. The van der Waals surface area contributed by atoms with Gasteiger partial charge in [-0.25, -0.2) is 0 Å². The summed E-state index contributed by atoms with van der Waals surface area (Å²) in [7, 11) is 1.84. The first-order valence-electron chi connectivity index (χ1n) is 10.4. The minimum absolute atomic E-state index is 0.138. The Balaban J connectivity index is 1.57. The van der Waals surface area contributed by atoms with Gasteiger partial charge >= 0.3 is 0 Å². The summed E-state index contributed by atoms with van der Waals surface area (Å²) in [5.74, 6) is 2.28. The fourth-order valence-electron chi connectivity index (χ4n) is 3.72. The SMILES string of the molecule is CN=C(NCCCOCC1CCOC1)NCC(C)(C)N1CCCC(C)C1. The smallest absolute Gasteiger partial charge is 0.191 e. The molecule has 6 nitrogen and oxygen atoms in total. The topological polar surface area (TPSA) is 58.1 Å². The Bertz CT molecular complexity index is 422. The van der Waals surface area contributed by atoms with E-state index >= 15 is 0 Å². The average Bonchev–Trinajstić information content (AvgIpc) is 3.14. The second-order valence-corrected chi connectivity index (χ2v) is 8.52. The molecule has 2 unspecified atom stereocenters. The summed E-state index contributed by atoms with van der Waals surface area (Å²) in [6.07, 6.45) is 4.80. The van der Waals surface area contributed by atoms with Gasteiger partial charge in [-0.15, -0.1) is 0 Å². The lowest BCUT2D eigenvalue weighted by atomic mass is 9.93. The number of piperidine rings is 1. The minimum atomic E-state index is 0.138. The van der Waals surface area contributed by atoms with Crippen LogP contribution in [0.4, 0.5) is 0 Å². The Morgan fingerprint density at radius 2 is 2.15 bits per heavy atom. The van der Waals surface area contributed by atoms with Crippen molar-refractivity contribution in [1.82, 2.24) is 15.5 Å². The van der Waals surface area contributed by atoms with Crippen LogP contribution in [0.3, 0.4) is 0 Å². The molecule has 0 spiro atoms. The molecule has 0 aromatic carbocycles.